The molecule has 4 rings (SSSR count). The smallest absolute Gasteiger partial charge is 0.362 e. The summed E-state index contributed by atoms with van der Waals surface area (Å²) in [4.78, 5) is 63.6. The Morgan fingerprint density at radius 1 is 1.26 bits per heavy atom. The molecule has 35 heavy (non-hydrogen) atoms. The number of ether oxygens (including phenoxy) is 1. The molecule has 0 radical (unpaired) electrons. The first-order valence-electron chi connectivity index (χ1n) is 11.3. The van der Waals surface area contributed by atoms with Crippen LogP contribution in [0.1, 0.15) is 30.6 Å². The van der Waals surface area contributed by atoms with Crippen LogP contribution in [-0.4, -0.2) is 75.4 Å². The Labute approximate surface area is 200 Å². The molecule has 12 nitrogen and oxygen atoms in total. The van der Waals surface area contributed by atoms with E-state index in [9.17, 15) is 34.4 Å². The number of hydrogen-bond donors (Lipinski definition) is 2. The number of carbonyl (C=O) groups excluding carboxylic acids is 4. The van der Waals surface area contributed by atoms with Gasteiger partial charge in [0.15, 0.2) is 0 Å². The minimum Gasteiger partial charge on any atom is -0.393 e. The second-order valence-corrected chi connectivity index (χ2v) is 9.23. The van der Waals surface area contributed by atoms with Crippen molar-refractivity contribution >= 4 is 29.4 Å². The zero-order chi connectivity index (χ0) is 25.6. The zero-order valence-corrected chi connectivity index (χ0v) is 19.2. The molecule has 3 N–H and O–H groups in total. The van der Waals surface area contributed by atoms with Gasteiger partial charge in [-0.1, -0.05) is 6.92 Å². The number of non-ortho nitro benzene ring substituents is 1. The summed E-state index contributed by atoms with van der Waals surface area (Å²) in [6.45, 7) is 4.61. The van der Waals surface area contributed by atoms with E-state index in [1.54, 1.807) is 0 Å². The Hall–Kier alpha value is -3.64. The number of rotatable bonds is 7. The van der Waals surface area contributed by atoms with Gasteiger partial charge < -0.3 is 20.5 Å². The number of likely N-dealkylation sites (tertiary alicyclic amines) is 1. The second kappa shape index (κ2) is 9.19. The largest absolute Gasteiger partial charge is 0.393 e. The van der Waals surface area contributed by atoms with E-state index in [1.165, 1.54) is 24.0 Å². The lowest BCUT2D eigenvalue weighted by Gasteiger charge is -2.46. The number of primary amides is 1. The molecule has 2 saturated heterocycles. The highest BCUT2D eigenvalue weighted by Gasteiger charge is 2.60. The van der Waals surface area contributed by atoms with Gasteiger partial charge in [0, 0.05) is 31.1 Å². The molecule has 1 aromatic carbocycles. The van der Waals surface area contributed by atoms with Crippen LogP contribution < -0.4 is 5.73 Å². The van der Waals surface area contributed by atoms with Gasteiger partial charge in [0.2, 0.25) is 11.8 Å². The van der Waals surface area contributed by atoms with Crippen molar-refractivity contribution in [1.82, 2.24) is 9.80 Å². The highest BCUT2D eigenvalue weighted by molar-refractivity contribution is 6.06. The van der Waals surface area contributed by atoms with E-state index in [4.69, 9.17) is 10.5 Å². The summed E-state index contributed by atoms with van der Waals surface area (Å²) in [5.74, 6) is -4.15. The number of aliphatic hydroxyl groups is 1. The number of fused-ring (bicyclic) bond motifs is 1. The summed E-state index contributed by atoms with van der Waals surface area (Å²) in [5, 5.41) is 20.9. The molecule has 3 aliphatic heterocycles. The molecule has 2 amide bonds. The highest BCUT2D eigenvalue weighted by atomic mass is 16.6. The number of benzene rings is 1. The number of nitrogens with two attached hydrogens (primary N) is 1. The summed E-state index contributed by atoms with van der Waals surface area (Å²) in [6, 6.07) is 4.14. The van der Waals surface area contributed by atoms with E-state index in [-0.39, 0.29) is 35.3 Å². The van der Waals surface area contributed by atoms with E-state index in [1.807, 2.05) is 11.8 Å². The number of β-lactam (4-membered cyclic amide) rings is 1. The average Bonchev–Trinajstić information content (AvgIpc) is 3.36. The molecule has 0 spiro atoms. The van der Waals surface area contributed by atoms with Gasteiger partial charge in [-0.05, 0) is 37.6 Å². The Morgan fingerprint density at radius 3 is 2.46 bits per heavy atom. The van der Waals surface area contributed by atoms with Crippen LogP contribution in [0.25, 0.3) is 0 Å². The Kier molecular flexibility index (Phi) is 6.43. The van der Waals surface area contributed by atoms with Crippen LogP contribution in [-0.2, 0) is 19.1 Å². The first-order chi connectivity index (χ1) is 16.5. The lowest BCUT2D eigenvalue weighted by Crippen LogP contribution is -2.63. The fraction of sp³-hybridized carbons (Fsp3) is 0.478. The molecular formula is C23H26N4O8. The van der Waals surface area contributed by atoms with Gasteiger partial charge in [0.1, 0.15) is 5.70 Å². The molecule has 1 aromatic rings. The lowest BCUT2D eigenvalue weighted by molar-refractivity contribution is -0.384. The number of esters is 2. The normalized spacial score (nSPS) is 26.8. The number of hydrogen-bond acceptors (Lipinski definition) is 9. The number of nitrogens with zero attached hydrogens (tertiary/aromatic N) is 3. The Bertz CT molecular complexity index is 1130. The third-order valence-corrected chi connectivity index (χ3v) is 7.08. The van der Waals surface area contributed by atoms with Gasteiger partial charge >= 0.3 is 11.9 Å². The maximum absolute atomic E-state index is 13.2. The molecular weight excluding hydrogens is 460 g/mol. The molecule has 0 bridgehead atoms. The van der Waals surface area contributed by atoms with Crippen LogP contribution in [0.15, 0.2) is 35.5 Å². The van der Waals surface area contributed by atoms with Crippen molar-refractivity contribution in [2.75, 3.05) is 19.6 Å². The predicted octanol–water partition coefficient (Wildman–Crippen LogP) is 0.197. The average molecular weight is 486 g/mol. The molecule has 186 valence electrons. The number of amides is 2. The predicted molar refractivity (Wildman–Crippen MR) is 119 cm³/mol. The summed E-state index contributed by atoms with van der Waals surface area (Å²) in [7, 11) is 0. The van der Waals surface area contributed by atoms with Gasteiger partial charge in [-0.25, -0.2) is 9.59 Å². The van der Waals surface area contributed by atoms with Crippen molar-refractivity contribution in [2.45, 2.75) is 32.4 Å². The van der Waals surface area contributed by atoms with Crippen LogP contribution in [0.3, 0.4) is 0 Å². The Balaban J connectivity index is 1.59. The molecule has 3 heterocycles. The first-order valence-corrected chi connectivity index (χ1v) is 11.3. The fourth-order valence-electron chi connectivity index (χ4n) is 5.20. The van der Waals surface area contributed by atoms with E-state index in [0.29, 0.717) is 25.1 Å². The minimum atomic E-state index is -1.01. The third kappa shape index (κ3) is 4.30. The first kappa shape index (κ1) is 24.5. The third-order valence-electron chi connectivity index (χ3n) is 7.08. The number of nitro groups is 1. The van der Waals surface area contributed by atoms with Crippen molar-refractivity contribution < 1.29 is 33.9 Å². The van der Waals surface area contributed by atoms with Gasteiger partial charge in [0.05, 0.1) is 34.5 Å². The van der Waals surface area contributed by atoms with Crippen molar-refractivity contribution in [3.8, 4) is 0 Å². The lowest BCUT2D eigenvalue weighted by atomic mass is 9.77. The van der Waals surface area contributed by atoms with Crippen LogP contribution in [0.5, 0.6) is 0 Å². The molecule has 0 saturated carbocycles. The SMILES string of the molecule is C[C@@H](O)C1C(=O)N2C(C(=O)OC(=O)c3ccc([N+](=O)[O-])cc3)=C(CN3CC[C@@H](C(N)=O)C3)[C@H](C)[C@H]12. The van der Waals surface area contributed by atoms with Crippen LogP contribution in [0, 0.1) is 27.9 Å². The quantitative estimate of drug-likeness (QED) is 0.179. The maximum Gasteiger partial charge on any atom is 0.362 e. The van der Waals surface area contributed by atoms with Gasteiger partial charge in [-0.2, -0.15) is 0 Å². The second-order valence-electron chi connectivity index (χ2n) is 9.23. The van der Waals surface area contributed by atoms with E-state index >= 15 is 0 Å². The number of aliphatic hydroxyl groups excluding tert-OH is 1. The summed E-state index contributed by atoms with van der Waals surface area (Å²) >= 11 is 0. The summed E-state index contributed by atoms with van der Waals surface area (Å²) in [5.41, 5.74) is 5.68. The van der Waals surface area contributed by atoms with Crippen molar-refractivity contribution in [3.05, 3.63) is 51.2 Å². The van der Waals surface area contributed by atoms with Crippen molar-refractivity contribution in [3.63, 3.8) is 0 Å². The zero-order valence-electron chi connectivity index (χ0n) is 19.2. The standard InChI is InChI=1S/C23H26N4O8/c1-11-16(10-25-8-7-14(9-25)20(24)29)19(26-18(11)17(12(2)28)21(26)30)23(32)35-22(31)13-3-5-15(6-4-13)27(33)34/h3-6,11-12,14,17-18,28H,7-10H2,1-2H3,(H2,24,29)/t11-,12+,14+,17?,18+/m0/s1. The molecule has 2 fully saturated rings. The summed E-state index contributed by atoms with van der Waals surface area (Å²) < 4.78 is 5.07. The maximum atomic E-state index is 13.2. The van der Waals surface area contributed by atoms with Gasteiger partial charge in [-0.15, -0.1) is 0 Å². The molecule has 1 unspecified atom stereocenters. The highest BCUT2D eigenvalue weighted by Crippen LogP contribution is 2.47. The Morgan fingerprint density at radius 2 is 1.91 bits per heavy atom. The summed E-state index contributed by atoms with van der Waals surface area (Å²) in [6.07, 6.45) is -0.340. The fourth-order valence-corrected chi connectivity index (χ4v) is 5.20. The molecule has 5 atom stereocenters. The molecule has 0 aliphatic carbocycles. The van der Waals surface area contributed by atoms with E-state index in [2.05, 4.69) is 0 Å². The minimum absolute atomic E-state index is 0.0396. The number of carbonyl (C=O) groups is 4. The van der Waals surface area contributed by atoms with E-state index < -0.39 is 46.7 Å². The van der Waals surface area contributed by atoms with E-state index in [0.717, 1.165) is 12.1 Å². The van der Waals surface area contributed by atoms with Crippen LogP contribution >= 0.6 is 0 Å². The monoisotopic (exact) mass is 486 g/mol. The van der Waals surface area contributed by atoms with Crippen molar-refractivity contribution in [2.24, 2.45) is 23.5 Å². The van der Waals surface area contributed by atoms with Crippen LogP contribution in [0.4, 0.5) is 5.69 Å². The van der Waals surface area contributed by atoms with Gasteiger partial charge in [0.25, 0.3) is 5.69 Å². The number of nitro benzene ring substituents is 1. The molecule has 0 aromatic heterocycles. The van der Waals surface area contributed by atoms with Crippen molar-refractivity contribution in [1.29, 1.82) is 0 Å². The van der Waals surface area contributed by atoms with Gasteiger partial charge in [-0.3, -0.25) is 24.6 Å². The topological polar surface area (TPSA) is 173 Å². The van der Waals surface area contributed by atoms with Crippen LogP contribution in [0.2, 0.25) is 0 Å². The molecule has 3 aliphatic rings. The molecule has 12 heteroatoms.